The molecule has 2 unspecified atom stereocenters. The zero-order valence-corrected chi connectivity index (χ0v) is 18.1. The van der Waals surface area contributed by atoms with Crippen LogP contribution in [0.2, 0.25) is 0 Å². The molecule has 5 nitrogen and oxygen atoms in total. The molecule has 1 aliphatic heterocycles. The molecule has 1 heterocycles. The monoisotopic (exact) mass is 439 g/mol. The number of hydrogen-bond acceptors (Lipinski definition) is 3. The average molecular weight is 439 g/mol. The van der Waals surface area contributed by atoms with Crippen molar-refractivity contribution in [2.45, 2.75) is 46.1 Å². The Kier molecular flexibility index (Phi) is 13.2. The summed E-state index contributed by atoms with van der Waals surface area (Å²) >= 11 is 0. The first-order valence-corrected chi connectivity index (χ1v) is 8.97. The van der Waals surface area contributed by atoms with Gasteiger partial charge in [-0.1, -0.05) is 13.8 Å². The summed E-state index contributed by atoms with van der Waals surface area (Å²) in [6.07, 6.45) is 3.71. The summed E-state index contributed by atoms with van der Waals surface area (Å²) in [5.41, 5.74) is 0. The number of halogens is 1. The molecule has 1 rings (SSSR count). The molecule has 0 saturated carbocycles. The van der Waals surface area contributed by atoms with Gasteiger partial charge in [-0.15, -0.1) is 24.0 Å². The van der Waals surface area contributed by atoms with Gasteiger partial charge < -0.3 is 20.4 Å². The summed E-state index contributed by atoms with van der Waals surface area (Å²) in [5.74, 6) is 1.70. The molecule has 0 radical (unpaired) electrons. The van der Waals surface area contributed by atoms with Gasteiger partial charge in [0.05, 0.1) is 0 Å². The van der Waals surface area contributed by atoms with Gasteiger partial charge >= 0.3 is 0 Å². The third-order valence-corrected chi connectivity index (χ3v) is 4.66. The van der Waals surface area contributed by atoms with E-state index in [0.29, 0.717) is 6.04 Å². The Balaban J connectivity index is 0.00000484. The maximum atomic E-state index is 4.35. The molecule has 23 heavy (non-hydrogen) atoms. The Bertz CT molecular complexity index is 320. The molecule has 2 atom stereocenters. The van der Waals surface area contributed by atoms with Crippen molar-refractivity contribution in [3.05, 3.63) is 0 Å². The Morgan fingerprint density at radius 1 is 1.35 bits per heavy atom. The van der Waals surface area contributed by atoms with E-state index in [2.05, 4.69) is 53.2 Å². The maximum absolute atomic E-state index is 4.35. The molecule has 0 aromatic heterocycles. The van der Waals surface area contributed by atoms with Gasteiger partial charge in [0, 0.05) is 26.2 Å². The third-order valence-electron chi connectivity index (χ3n) is 4.66. The van der Waals surface area contributed by atoms with Crippen LogP contribution in [-0.4, -0.2) is 75.2 Å². The van der Waals surface area contributed by atoms with E-state index in [1.807, 2.05) is 7.05 Å². The molecular formula is C17H38IN5. The first-order chi connectivity index (χ1) is 10.6. The van der Waals surface area contributed by atoms with E-state index in [-0.39, 0.29) is 24.0 Å². The van der Waals surface area contributed by atoms with E-state index in [4.69, 9.17) is 0 Å². The minimum Gasteiger partial charge on any atom is -0.356 e. The van der Waals surface area contributed by atoms with Crippen molar-refractivity contribution < 1.29 is 0 Å². The third kappa shape index (κ3) is 9.72. The van der Waals surface area contributed by atoms with Gasteiger partial charge in [-0.05, 0) is 65.3 Å². The van der Waals surface area contributed by atoms with E-state index in [1.54, 1.807) is 0 Å². The fourth-order valence-electron chi connectivity index (χ4n) is 3.10. The summed E-state index contributed by atoms with van der Waals surface area (Å²) in [5, 5.41) is 7.00. The molecule has 1 fully saturated rings. The van der Waals surface area contributed by atoms with E-state index >= 15 is 0 Å². The van der Waals surface area contributed by atoms with E-state index in [9.17, 15) is 0 Å². The first-order valence-electron chi connectivity index (χ1n) is 8.97. The fraction of sp³-hybridized carbons (Fsp3) is 0.941. The van der Waals surface area contributed by atoms with Crippen LogP contribution in [0.3, 0.4) is 0 Å². The molecule has 0 aromatic rings. The highest BCUT2D eigenvalue weighted by atomic mass is 127. The molecule has 1 aliphatic rings. The van der Waals surface area contributed by atoms with Gasteiger partial charge in [-0.3, -0.25) is 4.99 Å². The normalized spacial score (nSPS) is 20.4. The van der Waals surface area contributed by atoms with Crippen molar-refractivity contribution in [3.63, 3.8) is 0 Å². The minimum absolute atomic E-state index is 0. The van der Waals surface area contributed by atoms with Gasteiger partial charge in [-0.25, -0.2) is 0 Å². The van der Waals surface area contributed by atoms with E-state index in [1.165, 1.54) is 38.9 Å². The summed E-state index contributed by atoms with van der Waals surface area (Å²) in [7, 11) is 4.06. The fourth-order valence-corrected chi connectivity index (χ4v) is 3.10. The van der Waals surface area contributed by atoms with Gasteiger partial charge in [0.15, 0.2) is 5.96 Å². The molecule has 2 N–H and O–H groups in total. The maximum Gasteiger partial charge on any atom is 0.191 e. The predicted molar refractivity (Wildman–Crippen MR) is 112 cm³/mol. The second-order valence-corrected chi connectivity index (χ2v) is 6.58. The highest BCUT2D eigenvalue weighted by molar-refractivity contribution is 14.0. The molecule has 138 valence electrons. The number of guanidine groups is 1. The van der Waals surface area contributed by atoms with Crippen LogP contribution in [0, 0.1) is 5.92 Å². The summed E-state index contributed by atoms with van der Waals surface area (Å²) in [6.45, 7) is 13.7. The lowest BCUT2D eigenvalue weighted by atomic mass is 10.1. The lowest BCUT2D eigenvalue weighted by molar-refractivity contribution is 0.292. The van der Waals surface area contributed by atoms with Crippen molar-refractivity contribution in [2.75, 3.05) is 53.4 Å². The summed E-state index contributed by atoms with van der Waals surface area (Å²) in [4.78, 5) is 9.24. The number of nitrogens with one attached hydrogen (secondary N) is 2. The van der Waals surface area contributed by atoms with Crippen LogP contribution in [0.25, 0.3) is 0 Å². The van der Waals surface area contributed by atoms with Crippen molar-refractivity contribution in [3.8, 4) is 0 Å². The number of likely N-dealkylation sites (tertiary alicyclic amines) is 1. The summed E-state index contributed by atoms with van der Waals surface area (Å²) in [6, 6.07) is 0.466. The molecule has 6 heteroatoms. The largest absolute Gasteiger partial charge is 0.356 e. The van der Waals surface area contributed by atoms with Crippen LogP contribution >= 0.6 is 24.0 Å². The van der Waals surface area contributed by atoms with Crippen molar-refractivity contribution in [1.82, 2.24) is 20.4 Å². The molecule has 1 saturated heterocycles. The molecule has 0 amide bonds. The van der Waals surface area contributed by atoms with E-state index < -0.39 is 0 Å². The molecule has 0 aromatic carbocycles. The van der Waals surface area contributed by atoms with Crippen molar-refractivity contribution >= 4 is 29.9 Å². The lowest BCUT2D eigenvalue weighted by Gasteiger charge is -2.22. The topological polar surface area (TPSA) is 42.9 Å². The van der Waals surface area contributed by atoms with Crippen LogP contribution in [0.1, 0.15) is 40.0 Å². The van der Waals surface area contributed by atoms with Crippen LogP contribution in [0.4, 0.5) is 0 Å². The SMILES string of the molecule is CCN(CC)CCCC(C)NC(=NC)NCC1CCN(C)C1.I. The Morgan fingerprint density at radius 3 is 2.57 bits per heavy atom. The van der Waals surface area contributed by atoms with Gasteiger partial charge in [-0.2, -0.15) is 0 Å². The first kappa shape index (κ1) is 22.9. The van der Waals surface area contributed by atoms with Crippen LogP contribution in [0.5, 0.6) is 0 Å². The van der Waals surface area contributed by atoms with Crippen LogP contribution in [0.15, 0.2) is 4.99 Å². The second-order valence-electron chi connectivity index (χ2n) is 6.58. The smallest absolute Gasteiger partial charge is 0.191 e. The Morgan fingerprint density at radius 2 is 2.04 bits per heavy atom. The Hall–Kier alpha value is -0.0800. The summed E-state index contributed by atoms with van der Waals surface area (Å²) < 4.78 is 0. The van der Waals surface area contributed by atoms with E-state index in [0.717, 1.165) is 31.5 Å². The van der Waals surface area contributed by atoms with Crippen molar-refractivity contribution in [2.24, 2.45) is 10.9 Å². The molecule has 0 aliphatic carbocycles. The highest BCUT2D eigenvalue weighted by Gasteiger charge is 2.19. The van der Waals surface area contributed by atoms with Crippen molar-refractivity contribution in [1.29, 1.82) is 0 Å². The standard InChI is InChI=1S/C17H37N5.HI/c1-6-22(7-2)11-8-9-15(3)20-17(18-4)19-13-16-10-12-21(5)14-16;/h15-16H,6-14H2,1-5H3,(H2,18,19,20);1H. The van der Waals surface area contributed by atoms with Gasteiger partial charge in [0.2, 0.25) is 0 Å². The minimum atomic E-state index is 0. The van der Waals surface area contributed by atoms with Gasteiger partial charge in [0.25, 0.3) is 0 Å². The number of aliphatic imine (C=N–C) groups is 1. The Labute approximate surface area is 160 Å². The lowest BCUT2D eigenvalue weighted by Crippen LogP contribution is -2.44. The number of hydrogen-bond donors (Lipinski definition) is 2. The predicted octanol–water partition coefficient (Wildman–Crippen LogP) is 2.23. The second kappa shape index (κ2) is 13.2. The zero-order chi connectivity index (χ0) is 16.4. The highest BCUT2D eigenvalue weighted by Crippen LogP contribution is 2.12. The average Bonchev–Trinajstić information content (AvgIpc) is 2.93. The molecular weight excluding hydrogens is 401 g/mol. The molecule has 0 bridgehead atoms. The molecule has 0 spiro atoms. The van der Waals surface area contributed by atoms with Crippen LogP contribution in [-0.2, 0) is 0 Å². The number of rotatable bonds is 9. The zero-order valence-electron chi connectivity index (χ0n) is 15.8. The number of nitrogens with zero attached hydrogens (tertiary/aromatic N) is 3. The van der Waals surface area contributed by atoms with Gasteiger partial charge in [0.1, 0.15) is 0 Å². The quantitative estimate of drug-likeness (QED) is 0.329. The van der Waals surface area contributed by atoms with Crippen LogP contribution < -0.4 is 10.6 Å².